The van der Waals surface area contributed by atoms with Gasteiger partial charge in [-0.15, -0.1) is 0 Å². The Kier molecular flexibility index (Phi) is 37.8. The van der Waals surface area contributed by atoms with Crippen molar-refractivity contribution in [2.24, 2.45) is 5.73 Å². The molecule has 0 spiro atoms. The molecule has 0 aromatic rings. The van der Waals surface area contributed by atoms with Crippen LogP contribution in [0.15, 0.2) is 85.1 Å². The zero-order chi connectivity index (χ0) is 43.7. The number of esters is 2. The van der Waals surface area contributed by atoms with Gasteiger partial charge in [0.05, 0.1) is 19.3 Å². The Labute approximate surface area is 355 Å². The van der Waals surface area contributed by atoms with Gasteiger partial charge in [-0.05, 0) is 77.0 Å². The normalized spacial score (nSPS) is 15.1. The number of hydrogen-bond acceptors (Lipinski definition) is 10. The minimum atomic E-state index is -4.79. The number of rotatable bonds is 39. The van der Waals surface area contributed by atoms with Crippen LogP contribution in [0, 0.1) is 0 Å². The zero-order valence-corrected chi connectivity index (χ0v) is 36.8. The lowest BCUT2D eigenvalue weighted by atomic mass is 10.1. The molecule has 0 aliphatic carbocycles. The smallest absolute Gasteiger partial charge is 0.472 e. The lowest BCUT2D eigenvalue weighted by Crippen LogP contribution is -2.34. The fourth-order valence-corrected chi connectivity index (χ4v) is 6.02. The summed E-state index contributed by atoms with van der Waals surface area (Å²) in [5.74, 6) is -2.68. The molecule has 1 unspecified atom stereocenters. The Morgan fingerprint density at radius 3 is 1.71 bits per heavy atom. The molecule has 0 aromatic carbocycles. The second-order valence-electron chi connectivity index (χ2n) is 14.3. The number of carbonyl (C=O) groups is 3. The third kappa shape index (κ3) is 39.8. The second-order valence-corrected chi connectivity index (χ2v) is 15.8. The van der Waals surface area contributed by atoms with Crippen LogP contribution < -0.4 is 5.73 Å². The minimum absolute atomic E-state index is 0.0821. The molecule has 0 aliphatic heterocycles. The number of phosphoric ester groups is 1. The molecule has 0 saturated heterocycles. The van der Waals surface area contributed by atoms with Gasteiger partial charge in [-0.1, -0.05) is 144 Å². The Bertz CT molecular complexity index is 1340. The van der Waals surface area contributed by atoms with Crippen LogP contribution in [0.1, 0.15) is 149 Å². The van der Waals surface area contributed by atoms with Crippen LogP contribution >= 0.6 is 7.82 Å². The van der Waals surface area contributed by atoms with E-state index in [-0.39, 0.29) is 25.7 Å². The first-order chi connectivity index (χ1) is 28.5. The lowest BCUT2D eigenvalue weighted by molar-refractivity contribution is -0.161. The SMILES string of the molecule is CCCCC/C=C\C/C=C\C/C=C\C=C\[C@H](O)CCCC(=O)O[C@H](COC(=O)CCC/C=C\C/C=C\C/C=C\CCCCCCCC)COP(=O)(O)OC[C@H](N)C(=O)O. The Balaban J connectivity index is 4.67. The minimum Gasteiger partial charge on any atom is -0.480 e. The van der Waals surface area contributed by atoms with E-state index in [2.05, 4.69) is 67.0 Å². The number of carboxylic acid groups (broad SMARTS) is 1. The number of allylic oxidation sites excluding steroid dienone is 13. The van der Waals surface area contributed by atoms with Crippen molar-refractivity contribution in [2.45, 2.75) is 167 Å². The molecule has 4 atom stereocenters. The van der Waals surface area contributed by atoms with Crippen LogP contribution in [-0.4, -0.2) is 71.1 Å². The predicted octanol–water partition coefficient (Wildman–Crippen LogP) is 10.5. The van der Waals surface area contributed by atoms with Crippen LogP contribution in [0.25, 0.3) is 0 Å². The molecule has 13 heteroatoms. The van der Waals surface area contributed by atoms with Gasteiger partial charge in [-0.2, -0.15) is 0 Å². The number of carboxylic acids is 1. The number of aliphatic carboxylic acids is 1. The van der Waals surface area contributed by atoms with Crippen LogP contribution in [0.5, 0.6) is 0 Å². The van der Waals surface area contributed by atoms with Gasteiger partial charge in [-0.3, -0.25) is 23.4 Å². The topological polar surface area (TPSA) is 192 Å². The number of aliphatic hydroxyl groups is 1. The largest absolute Gasteiger partial charge is 0.480 e. The third-order valence-electron chi connectivity index (χ3n) is 8.72. The van der Waals surface area contributed by atoms with Crippen molar-refractivity contribution in [2.75, 3.05) is 19.8 Å². The maximum absolute atomic E-state index is 12.6. The van der Waals surface area contributed by atoms with E-state index >= 15 is 0 Å². The fourth-order valence-electron chi connectivity index (χ4n) is 5.24. The third-order valence-corrected chi connectivity index (χ3v) is 9.67. The summed E-state index contributed by atoms with van der Waals surface area (Å²) in [4.78, 5) is 45.9. The molecule has 0 amide bonds. The van der Waals surface area contributed by atoms with E-state index in [1.54, 1.807) is 12.2 Å². The summed E-state index contributed by atoms with van der Waals surface area (Å²) in [6.45, 7) is 2.50. The van der Waals surface area contributed by atoms with E-state index < -0.39 is 63.8 Å². The van der Waals surface area contributed by atoms with Gasteiger partial charge in [0.15, 0.2) is 6.10 Å². The summed E-state index contributed by atoms with van der Waals surface area (Å²) in [7, 11) is -4.79. The van der Waals surface area contributed by atoms with E-state index in [9.17, 15) is 28.9 Å². The van der Waals surface area contributed by atoms with Gasteiger partial charge in [0.1, 0.15) is 12.6 Å². The van der Waals surface area contributed by atoms with Crippen molar-refractivity contribution in [1.29, 1.82) is 0 Å². The number of phosphoric acid groups is 1. The first kappa shape index (κ1) is 55.6. The zero-order valence-electron chi connectivity index (χ0n) is 35.9. The first-order valence-electron chi connectivity index (χ1n) is 21.7. The van der Waals surface area contributed by atoms with E-state index in [0.717, 1.165) is 38.5 Å². The van der Waals surface area contributed by atoms with Crippen LogP contribution in [0.2, 0.25) is 0 Å². The standard InChI is InChI=1S/C46H76NO11P/c1-3-5-7-9-11-13-15-17-18-19-20-22-24-26-28-30-32-36-44(49)55-38-42(39-56-59(53,54)57-40-43(47)46(51)52)58-45(50)37-33-35-41(48)34-31-29-27-25-23-21-16-14-12-10-8-6-4-2/h12,14,17-18,20-23,26-29,31,34,41-43,48H,3-11,13,15-16,19,24-25,30,32-33,35-40,47H2,1-2H3,(H,51,52)(H,53,54)/b14-12-,18-17-,22-20-,23-21-,28-26-,29-27-,34-31+/t41-,42+,43-/m0/s1. The summed E-state index contributed by atoms with van der Waals surface area (Å²) < 4.78 is 32.5. The summed E-state index contributed by atoms with van der Waals surface area (Å²) in [5.41, 5.74) is 5.32. The predicted molar refractivity (Wildman–Crippen MR) is 236 cm³/mol. The molecular formula is C46H76NO11P. The molecule has 59 heavy (non-hydrogen) atoms. The van der Waals surface area contributed by atoms with Gasteiger partial charge in [0.25, 0.3) is 0 Å². The maximum atomic E-state index is 12.6. The highest BCUT2D eigenvalue weighted by atomic mass is 31.2. The fraction of sp³-hybridized carbons (Fsp3) is 0.630. The van der Waals surface area contributed by atoms with Crippen molar-refractivity contribution in [1.82, 2.24) is 0 Å². The monoisotopic (exact) mass is 850 g/mol. The van der Waals surface area contributed by atoms with E-state index in [1.165, 1.54) is 57.8 Å². The molecule has 0 aliphatic rings. The number of ether oxygens (including phenoxy) is 2. The average molecular weight is 850 g/mol. The molecule has 0 saturated carbocycles. The summed E-state index contributed by atoms with van der Waals surface area (Å²) in [6, 6.07) is -1.56. The molecule has 0 rings (SSSR count). The second kappa shape index (κ2) is 40.0. The van der Waals surface area contributed by atoms with Gasteiger partial charge >= 0.3 is 25.7 Å². The number of carbonyl (C=O) groups excluding carboxylic acids is 2. The Morgan fingerprint density at radius 2 is 1.10 bits per heavy atom. The summed E-state index contributed by atoms with van der Waals surface area (Å²) in [6.07, 6.45) is 45.5. The van der Waals surface area contributed by atoms with Gasteiger partial charge < -0.3 is 30.3 Å². The van der Waals surface area contributed by atoms with E-state index in [4.69, 9.17) is 24.8 Å². The molecule has 5 N–H and O–H groups in total. The molecule has 0 radical (unpaired) electrons. The van der Waals surface area contributed by atoms with Crippen LogP contribution in [0.3, 0.4) is 0 Å². The van der Waals surface area contributed by atoms with Gasteiger partial charge in [-0.25, -0.2) is 4.57 Å². The number of aliphatic hydroxyl groups excluding tert-OH is 1. The lowest BCUT2D eigenvalue weighted by Gasteiger charge is -2.20. The van der Waals surface area contributed by atoms with Crippen molar-refractivity contribution < 1.29 is 52.6 Å². The van der Waals surface area contributed by atoms with Crippen molar-refractivity contribution in [3.63, 3.8) is 0 Å². The molecule has 12 nitrogen and oxygen atoms in total. The van der Waals surface area contributed by atoms with Crippen molar-refractivity contribution >= 4 is 25.7 Å². The number of hydrogen-bond donors (Lipinski definition) is 4. The molecule has 0 aromatic heterocycles. The van der Waals surface area contributed by atoms with Crippen LogP contribution in [-0.2, 0) is 37.5 Å². The Morgan fingerprint density at radius 1 is 0.610 bits per heavy atom. The highest BCUT2D eigenvalue weighted by Crippen LogP contribution is 2.43. The number of nitrogens with two attached hydrogens (primary N) is 1. The molecule has 0 bridgehead atoms. The van der Waals surface area contributed by atoms with Crippen molar-refractivity contribution in [3.8, 4) is 0 Å². The van der Waals surface area contributed by atoms with Gasteiger partial charge in [0, 0.05) is 12.8 Å². The molecular weight excluding hydrogens is 773 g/mol. The first-order valence-corrected chi connectivity index (χ1v) is 23.2. The molecule has 336 valence electrons. The van der Waals surface area contributed by atoms with Crippen LogP contribution in [0.4, 0.5) is 0 Å². The highest BCUT2D eigenvalue weighted by Gasteiger charge is 2.28. The highest BCUT2D eigenvalue weighted by molar-refractivity contribution is 7.47. The molecule has 0 fully saturated rings. The van der Waals surface area contributed by atoms with E-state index in [1.807, 2.05) is 24.3 Å². The maximum Gasteiger partial charge on any atom is 0.472 e. The average Bonchev–Trinajstić information content (AvgIpc) is 3.20. The summed E-state index contributed by atoms with van der Waals surface area (Å²) in [5, 5.41) is 19.2. The van der Waals surface area contributed by atoms with Gasteiger partial charge in [0.2, 0.25) is 0 Å². The Hall–Kier alpha value is -3.38. The van der Waals surface area contributed by atoms with Crippen molar-refractivity contribution in [3.05, 3.63) is 85.1 Å². The molecule has 0 heterocycles. The van der Waals surface area contributed by atoms with E-state index in [0.29, 0.717) is 12.8 Å². The number of unbranched alkanes of at least 4 members (excludes halogenated alkanes) is 10. The quantitative estimate of drug-likeness (QED) is 0.0151. The summed E-state index contributed by atoms with van der Waals surface area (Å²) >= 11 is 0.